The minimum absolute atomic E-state index is 0.230. The van der Waals surface area contributed by atoms with E-state index in [0.717, 1.165) is 17.3 Å². The van der Waals surface area contributed by atoms with Gasteiger partial charge in [-0.1, -0.05) is 17.8 Å². The summed E-state index contributed by atoms with van der Waals surface area (Å²) in [5.41, 5.74) is 3.70. The Morgan fingerprint density at radius 2 is 2.05 bits per heavy atom. The molecule has 4 rings (SSSR count). The van der Waals surface area contributed by atoms with Crippen molar-refractivity contribution in [2.45, 2.75) is 42.9 Å². The molecule has 0 spiro atoms. The zero-order valence-electron chi connectivity index (χ0n) is 11.1. The van der Waals surface area contributed by atoms with E-state index in [1.807, 2.05) is 0 Å². The van der Waals surface area contributed by atoms with E-state index >= 15 is 0 Å². The SMILES string of the molecule is Fc1ccc([C@@H]2C[C@H](F)C3N=C(SC4CC4)NN32)cc1F. The van der Waals surface area contributed by atoms with E-state index < -0.39 is 24.0 Å². The molecule has 1 unspecified atom stereocenters. The molecule has 2 heterocycles. The molecule has 1 aromatic rings. The van der Waals surface area contributed by atoms with Crippen LogP contribution in [0.15, 0.2) is 23.2 Å². The van der Waals surface area contributed by atoms with Crippen LogP contribution < -0.4 is 5.43 Å². The Balaban J connectivity index is 1.56. The molecule has 3 aliphatic rings. The third-order valence-corrected chi connectivity index (χ3v) is 5.22. The van der Waals surface area contributed by atoms with Crippen molar-refractivity contribution in [1.82, 2.24) is 10.4 Å². The molecule has 0 radical (unpaired) electrons. The fraction of sp³-hybridized carbons (Fsp3) is 0.500. The van der Waals surface area contributed by atoms with Gasteiger partial charge in [0.1, 0.15) is 6.17 Å². The van der Waals surface area contributed by atoms with E-state index in [-0.39, 0.29) is 12.5 Å². The average Bonchev–Trinajstić information content (AvgIpc) is 3.08. The second-order valence-corrected chi connectivity index (χ2v) is 6.91. The molecule has 112 valence electrons. The molecule has 1 aromatic carbocycles. The zero-order valence-corrected chi connectivity index (χ0v) is 11.9. The molecule has 1 N–H and O–H groups in total. The Hall–Kier alpha value is -1.21. The molecule has 0 bridgehead atoms. The topological polar surface area (TPSA) is 27.6 Å². The number of hydrazine groups is 1. The number of nitrogens with one attached hydrogen (secondary N) is 1. The van der Waals surface area contributed by atoms with Crippen LogP contribution in [-0.2, 0) is 0 Å². The molecule has 1 saturated heterocycles. The standard InChI is InChI=1S/C14H14F3N3S/c15-9-4-1-7(5-10(9)16)12-6-11(17)13-18-14(19-20(12)13)21-8-2-3-8/h1,4-5,8,11-13H,2-3,6H2,(H,18,19)/t11-,12-,13?/m0/s1. The molecule has 0 aromatic heterocycles. The summed E-state index contributed by atoms with van der Waals surface area (Å²) < 4.78 is 40.6. The fourth-order valence-corrected chi connectivity index (χ4v) is 3.79. The maximum absolute atomic E-state index is 14.2. The molecular formula is C14H14F3N3S. The fourth-order valence-electron chi connectivity index (χ4n) is 2.77. The van der Waals surface area contributed by atoms with Crippen molar-refractivity contribution in [2.75, 3.05) is 0 Å². The minimum atomic E-state index is -1.10. The van der Waals surface area contributed by atoms with Gasteiger partial charge in [-0.3, -0.25) is 5.43 Å². The Morgan fingerprint density at radius 3 is 2.76 bits per heavy atom. The normalized spacial score (nSPS) is 32.0. The van der Waals surface area contributed by atoms with Crippen LogP contribution in [0.2, 0.25) is 0 Å². The first kappa shape index (κ1) is 13.5. The highest BCUT2D eigenvalue weighted by atomic mass is 32.2. The molecule has 0 amide bonds. The van der Waals surface area contributed by atoms with E-state index in [4.69, 9.17) is 0 Å². The van der Waals surface area contributed by atoms with Crippen LogP contribution in [0.3, 0.4) is 0 Å². The Labute approximate surface area is 124 Å². The summed E-state index contributed by atoms with van der Waals surface area (Å²) in [6.07, 6.45) is 0.897. The largest absolute Gasteiger partial charge is 0.295 e. The number of rotatable bonds is 2. The predicted octanol–water partition coefficient (Wildman–Crippen LogP) is 3.15. The van der Waals surface area contributed by atoms with Gasteiger partial charge in [-0.25, -0.2) is 18.2 Å². The molecule has 21 heavy (non-hydrogen) atoms. The monoisotopic (exact) mass is 313 g/mol. The molecule has 3 nitrogen and oxygen atoms in total. The van der Waals surface area contributed by atoms with Gasteiger partial charge < -0.3 is 0 Å². The lowest BCUT2D eigenvalue weighted by Crippen LogP contribution is -2.39. The van der Waals surface area contributed by atoms with Gasteiger partial charge in [0.25, 0.3) is 0 Å². The van der Waals surface area contributed by atoms with Crippen molar-refractivity contribution in [3.63, 3.8) is 0 Å². The highest BCUT2D eigenvalue weighted by Crippen LogP contribution is 2.42. The van der Waals surface area contributed by atoms with Crippen LogP contribution in [0.4, 0.5) is 13.2 Å². The summed E-state index contributed by atoms with van der Waals surface area (Å²) in [4.78, 5) is 4.38. The molecular weight excluding hydrogens is 299 g/mol. The van der Waals surface area contributed by atoms with Crippen molar-refractivity contribution in [2.24, 2.45) is 4.99 Å². The van der Waals surface area contributed by atoms with Crippen molar-refractivity contribution < 1.29 is 13.2 Å². The number of benzene rings is 1. The van der Waals surface area contributed by atoms with Gasteiger partial charge in [-0.15, -0.1) is 0 Å². The number of fused-ring (bicyclic) bond motifs is 1. The number of nitrogens with zero attached hydrogens (tertiary/aromatic N) is 2. The summed E-state index contributed by atoms with van der Waals surface area (Å²) in [5.74, 6) is -1.79. The molecule has 3 atom stereocenters. The Morgan fingerprint density at radius 1 is 1.24 bits per heavy atom. The van der Waals surface area contributed by atoms with Crippen molar-refractivity contribution in [3.05, 3.63) is 35.4 Å². The van der Waals surface area contributed by atoms with Crippen molar-refractivity contribution in [3.8, 4) is 0 Å². The number of alkyl halides is 1. The first-order valence-electron chi connectivity index (χ1n) is 7.00. The lowest BCUT2D eigenvalue weighted by Gasteiger charge is -2.23. The number of hydrogen-bond acceptors (Lipinski definition) is 4. The molecule has 1 aliphatic carbocycles. The summed E-state index contributed by atoms with van der Waals surface area (Å²) in [5, 5.41) is 3.04. The lowest BCUT2D eigenvalue weighted by molar-refractivity contribution is 0.160. The second-order valence-electron chi connectivity index (χ2n) is 5.63. The van der Waals surface area contributed by atoms with Crippen LogP contribution in [0, 0.1) is 11.6 Å². The second kappa shape index (κ2) is 4.91. The first-order valence-corrected chi connectivity index (χ1v) is 7.88. The van der Waals surface area contributed by atoms with Gasteiger partial charge in [0.05, 0.1) is 6.04 Å². The van der Waals surface area contributed by atoms with E-state index in [9.17, 15) is 13.2 Å². The third kappa shape index (κ3) is 2.42. The number of halogens is 3. The van der Waals surface area contributed by atoms with Gasteiger partial charge in [-0.05, 0) is 30.5 Å². The van der Waals surface area contributed by atoms with E-state index in [2.05, 4.69) is 10.4 Å². The van der Waals surface area contributed by atoms with E-state index in [1.165, 1.54) is 18.9 Å². The summed E-state index contributed by atoms with van der Waals surface area (Å²) >= 11 is 1.63. The van der Waals surface area contributed by atoms with Crippen LogP contribution in [0.1, 0.15) is 30.9 Å². The minimum Gasteiger partial charge on any atom is -0.295 e. The number of hydrogen-bond donors (Lipinski definition) is 1. The predicted molar refractivity (Wildman–Crippen MR) is 75.4 cm³/mol. The summed E-state index contributed by atoms with van der Waals surface area (Å²) in [7, 11) is 0. The molecule has 2 aliphatic heterocycles. The first-order chi connectivity index (χ1) is 10.1. The summed E-state index contributed by atoms with van der Waals surface area (Å²) in [6.45, 7) is 0. The van der Waals surface area contributed by atoms with Gasteiger partial charge in [-0.2, -0.15) is 5.01 Å². The van der Waals surface area contributed by atoms with Gasteiger partial charge in [0.2, 0.25) is 0 Å². The number of amidine groups is 1. The Kier molecular flexibility index (Phi) is 3.15. The molecule has 2 fully saturated rings. The Bertz CT molecular complexity index is 605. The van der Waals surface area contributed by atoms with Crippen LogP contribution in [-0.4, -0.2) is 27.8 Å². The maximum atomic E-state index is 14.2. The van der Waals surface area contributed by atoms with Crippen molar-refractivity contribution in [1.29, 1.82) is 0 Å². The maximum Gasteiger partial charge on any atom is 0.173 e. The number of thioether (sulfide) groups is 1. The van der Waals surface area contributed by atoms with Crippen LogP contribution >= 0.6 is 11.8 Å². The van der Waals surface area contributed by atoms with Gasteiger partial charge in [0.15, 0.2) is 23.0 Å². The third-order valence-electron chi connectivity index (χ3n) is 4.00. The van der Waals surface area contributed by atoms with Crippen LogP contribution in [0.25, 0.3) is 0 Å². The quantitative estimate of drug-likeness (QED) is 0.909. The lowest BCUT2D eigenvalue weighted by atomic mass is 10.0. The highest BCUT2D eigenvalue weighted by Gasteiger charge is 2.47. The van der Waals surface area contributed by atoms with E-state index in [1.54, 1.807) is 16.8 Å². The van der Waals surface area contributed by atoms with Gasteiger partial charge in [0, 0.05) is 11.7 Å². The molecule has 1 saturated carbocycles. The highest BCUT2D eigenvalue weighted by molar-refractivity contribution is 8.14. The molecule has 7 heteroatoms. The number of aliphatic imine (C=N–C) groups is 1. The summed E-state index contributed by atoms with van der Waals surface area (Å²) in [6, 6.07) is 3.40. The zero-order chi connectivity index (χ0) is 14.6. The van der Waals surface area contributed by atoms with Gasteiger partial charge >= 0.3 is 0 Å². The van der Waals surface area contributed by atoms with E-state index in [0.29, 0.717) is 10.8 Å². The smallest absolute Gasteiger partial charge is 0.173 e. The van der Waals surface area contributed by atoms with Crippen LogP contribution in [0.5, 0.6) is 0 Å². The average molecular weight is 313 g/mol. The van der Waals surface area contributed by atoms with Crippen molar-refractivity contribution >= 4 is 16.9 Å².